The highest BCUT2D eigenvalue weighted by Gasteiger charge is 2.47. The highest BCUT2D eigenvalue weighted by Crippen LogP contribution is 2.43. The second-order valence-electron chi connectivity index (χ2n) is 9.56. The number of nitrogens with zero attached hydrogens (tertiary/aromatic N) is 1. The van der Waals surface area contributed by atoms with Crippen LogP contribution in [0.4, 0.5) is 5.69 Å². The highest BCUT2D eigenvalue weighted by molar-refractivity contribution is 6.51. The molecule has 1 N–H and O–H groups in total. The van der Waals surface area contributed by atoms with Crippen molar-refractivity contribution in [3.63, 3.8) is 0 Å². The number of benzene rings is 3. The van der Waals surface area contributed by atoms with Gasteiger partial charge in [0.1, 0.15) is 29.1 Å². The first-order chi connectivity index (χ1) is 17.8. The van der Waals surface area contributed by atoms with Crippen molar-refractivity contribution in [2.24, 2.45) is 0 Å². The van der Waals surface area contributed by atoms with Crippen LogP contribution in [0, 0.1) is 0 Å². The van der Waals surface area contributed by atoms with Crippen molar-refractivity contribution >= 4 is 23.1 Å². The molecule has 3 aromatic carbocycles. The van der Waals surface area contributed by atoms with E-state index in [1.165, 1.54) is 4.90 Å². The number of methoxy groups -OCH3 is 1. The SMILES string of the molecule is COc1ccc(N2C(=O)C(=O)/C(=C(\O)c3ccc4c(c3)CC(C)O4)C2c2ccc(OC(C)C)cc2)cc1. The summed E-state index contributed by atoms with van der Waals surface area (Å²) in [7, 11) is 1.56. The average molecular weight is 500 g/mol. The molecule has 5 rings (SSSR count). The van der Waals surface area contributed by atoms with E-state index in [9.17, 15) is 14.7 Å². The largest absolute Gasteiger partial charge is 0.507 e. The molecule has 1 amide bonds. The van der Waals surface area contributed by atoms with Gasteiger partial charge in [0.05, 0.1) is 24.8 Å². The number of Topliss-reactive ketones (excluding diaryl/α,β-unsaturated/α-hetero) is 1. The average Bonchev–Trinajstić information content (AvgIpc) is 3.39. The summed E-state index contributed by atoms with van der Waals surface area (Å²) >= 11 is 0. The number of carbonyl (C=O) groups excluding carboxylic acids is 2. The first-order valence-electron chi connectivity index (χ1n) is 12.3. The fourth-order valence-electron chi connectivity index (χ4n) is 4.88. The fraction of sp³-hybridized carbons (Fsp3) is 0.267. The van der Waals surface area contributed by atoms with Gasteiger partial charge in [-0.1, -0.05) is 12.1 Å². The topological polar surface area (TPSA) is 85.3 Å². The third-order valence-electron chi connectivity index (χ3n) is 6.53. The number of aliphatic hydroxyl groups is 1. The minimum atomic E-state index is -0.829. The van der Waals surface area contributed by atoms with Gasteiger partial charge in [0.15, 0.2) is 0 Å². The molecular formula is C30H29NO6. The molecule has 1 saturated heterocycles. The Morgan fingerprint density at radius 1 is 1.00 bits per heavy atom. The molecule has 2 aliphatic heterocycles. The summed E-state index contributed by atoms with van der Waals surface area (Å²) in [5.41, 5.74) is 2.64. The Balaban J connectivity index is 1.64. The van der Waals surface area contributed by atoms with E-state index in [-0.39, 0.29) is 23.5 Å². The zero-order valence-electron chi connectivity index (χ0n) is 21.2. The second-order valence-corrected chi connectivity index (χ2v) is 9.56. The zero-order valence-corrected chi connectivity index (χ0v) is 21.2. The van der Waals surface area contributed by atoms with Crippen molar-refractivity contribution in [1.29, 1.82) is 0 Å². The van der Waals surface area contributed by atoms with E-state index in [2.05, 4.69) is 0 Å². The quantitative estimate of drug-likeness (QED) is 0.277. The highest BCUT2D eigenvalue weighted by atomic mass is 16.5. The molecule has 1 fully saturated rings. The lowest BCUT2D eigenvalue weighted by Crippen LogP contribution is -2.29. The fourth-order valence-corrected chi connectivity index (χ4v) is 4.88. The maximum absolute atomic E-state index is 13.4. The van der Waals surface area contributed by atoms with Gasteiger partial charge in [0, 0.05) is 17.7 Å². The Kier molecular flexibility index (Phi) is 6.38. The minimum absolute atomic E-state index is 0.00212. The number of ether oxygens (including phenoxy) is 3. The molecule has 0 bridgehead atoms. The molecule has 190 valence electrons. The molecule has 3 aromatic rings. The lowest BCUT2D eigenvalue weighted by molar-refractivity contribution is -0.132. The summed E-state index contributed by atoms with van der Waals surface area (Å²) in [5, 5.41) is 11.5. The number of rotatable bonds is 6. The maximum Gasteiger partial charge on any atom is 0.300 e. The van der Waals surface area contributed by atoms with E-state index in [4.69, 9.17) is 14.2 Å². The number of fused-ring (bicyclic) bond motifs is 1. The van der Waals surface area contributed by atoms with Crippen LogP contribution in [0.5, 0.6) is 17.2 Å². The van der Waals surface area contributed by atoms with Crippen molar-refractivity contribution < 1.29 is 28.9 Å². The Bertz CT molecular complexity index is 1370. The van der Waals surface area contributed by atoms with Crippen LogP contribution in [0.15, 0.2) is 72.3 Å². The lowest BCUT2D eigenvalue weighted by atomic mass is 9.94. The van der Waals surface area contributed by atoms with Gasteiger partial charge in [0.2, 0.25) is 0 Å². The van der Waals surface area contributed by atoms with Crippen molar-refractivity contribution in [3.8, 4) is 17.2 Å². The summed E-state index contributed by atoms with van der Waals surface area (Å²) in [4.78, 5) is 28.2. The zero-order chi connectivity index (χ0) is 26.3. The van der Waals surface area contributed by atoms with Crippen molar-refractivity contribution in [2.45, 2.75) is 45.4 Å². The molecule has 2 unspecified atom stereocenters. The van der Waals surface area contributed by atoms with Crippen molar-refractivity contribution in [2.75, 3.05) is 12.0 Å². The van der Waals surface area contributed by atoms with Crippen LogP contribution in [0.25, 0.3) is 5.76 Å². The van der Waals surface area contributed by atoms with Crippen LogP contribution in [-0.4, -0.2) is 36.1 Å². The standard InChI is InChI=1S/C30H29NO6/c1-17(2)36-24-10-5-19(6-11-24)27-26(28(32)20-7-14-25-21(16-20)15-18(3)37-25)29(33)30(34)31(27)22-8-12-23(35-4)13-9-22/h5-14,16-18,27,32H,15H2,1-4H3/b28-26-. The third kappa shape index (κ3) is 4.53. The van der Waals surface area contributed by atoms with Gasteiger partial charge < -0.3 is 19.3 Å². The Morgan fingerprint density at radius 2 is 1.68 bits per heavy atom. The first kappa shape index (κ1) is 24.4. The molecule has 0 radical (unpaired) electrons. The Morgan fingerprint density at radius 3 is 2.32 bits per heavy atom. The monoisotopic (exact) mass is 499 g/mol. The Hall–Kier alpha value is -4.26. The lowest BCUT2D eigenvalue weighted by Gasteiger charge is -2.26. The first-order valence-corrected chi connectivity index (χ1v) is 12.3. The summed E-state index contributed by atoms with van der Waals surface area (Å²) in [5.74, 6) is 0.391. The smallest absolute Gasteiger partial charge is 0.300 e. The molecular weight excluding hydrogens is 470 g/mol. The van der Waals surface area contributed by atoms with E-state index in [1.807, 2.05) is 39.0 Å². The van der Waals surface area contributed by atoms with Crippen LogP contribution >= 0.6 is 0 Å². The van der Waals surface area contributed by atoms with Crippen molar-refractivity contribution in [1.82, 2.24) is 0 Å². The molecule has 0 saturated carbocycles. The number of ketones is 1. The minimum Gasteiger partial charge on any atom is -0.507 e. The van der Waals surface area contributed by atoms with Crippen LogP contribution in [-0.2, 0) is 16.0 Å². The molecule has 2 heterocycles. The number of amides is 1. The Labute approximate surface area is 215 Å². The predicted molar refractivity (Wildman–Crippen MR) is 140 cm³/mol. The van der Waals surface area contributed by atoms with Gasteiger partial charge in [-0.2, -0.15) is 0 Å². The molecule has 0 aromatic heterocycles. The van der Waals surface area contributed by atoms with Gasteiger partial charge in [-0.25, -0.2) is 0 Å². The summed E-state index contributed by atoms with van der Waals surface area (Å²) in [6, 6.07) is 18.6. The molecule has 7 nitrogen and oxygen atoms in total. The predicted octanol–water partition coefficient (Wildman–Crippen LogP) is 5.43. The third-order valence-corrected chi connectivity index (χ3v) is 6.53. The van der Waals surface area contributed by atoms with Gasteiger partial charge in [-0.3, -0.25) is 14.5 Å². The number of hydrogen-bond donors (Lipinski definition) is 1. The van der Waals surface area contributed by atoms with Crippen LogP contribution in [0.2, 0.25) is 0 Å². The number of carbonyl (C=O) groups is 2. The summed E-state index contributed by atoms with van der Waals surface area (Å²) < 4.78 is 16.8. The van der Waals surface area contributed by atoms with E-state index < -0.39 is 17.7 Å². The van der Waals surface area contributed by atoms with Gasteiger partial charge in [-0.15, -0.1) is 0 Å². The number of hydrogen-bond acceptors (Lipinski definition) is 6. The molecule has 37 heavy (non-hydrogen) atoms. The summed E-state index contributed by atoms with van der Waals surface area (Å²) in [6.07, 6.45) is 0.749. The molecule has 2 atom stereocenters. The van der Waals surface area contributed by atoms with Gasteiger partial charge >= 0.3 is 0 Å². The summed E-state index contributed by atoms with van der Waals surface area (Å²) in [6.45, 7) is 5.86. The van der Waals surface area contributed by atoms with Crippen LogP contribution < -0.4 is 19.1 Å². The van der Waals surface area contributed by atoms with E-state index in [1.54, 1.807) is 55.6 Å². The molecule has 0 aliphatic carbocycles. The maximum atomic E-state index is 13.4. The van der Waals surface area contributed by atoms with Crippen LogP contribution in [0.1, 0.15) is 43.5 Å². The molecule has 7 heteroatoms. The number of anilines is 1. The second kappa shape index (κ2) is 9.65. The van der Waals surface area contributed by atoms with Crippen LogP contribution in [0.3, 0.4) is 0 Å². The van der Waals surface area contributed by atoms with E-state index in [0.29, 0.717) is 34.7 Å². The normalized spacial score (nSPS) is 20.2. The van der Waals surface area contributed by atoms with E-state index >= 15 is 0 Å². The number of aliphatic hydroxyl groups excluding tert-OH is 1. The van der Waals surface area contributed by atoms with Gasteiger partial charge in [-0.05, 0) is 86.5 Å². The molecule has 0 spiro atoms. The van der Waals surface area contributed by atoms with Gasteiger partial charge in [0.25, 0.3) is 11.7 Å². The van der Waals surface area contributed by atoms with E-state index in [0.717, 1.165) is 11.3 Å². The molecule has 2 aliphatic rings. The van der Waals surface area contributed by atoms with Crippen molar-refractivity contribution in [3.05, 3.63) is 89.0 Å².